The Morgan fingerprint density at radius 1 is 0.632 bits per heavy atom. The molecule has 0 aliphatic rings. The van der Waals surface area contributed by atoms with Gasteiger partial charge in [0.1, 0.15) is 0 Å². The summed E-state index contributed by atoms with van der Waals surface area (Å²) in [6.45, 7) is 21.6. The summed E-state index contributed by atoms with van der Waals surface area (Å²) in [7, 11) is 0. The third-order valence-electron chi connectivity index (χ3n) is 2.59. The lowest BCUT2D eigenvalue weighted by Gasteiger charge is -2.24. The van der Waals surface area contributed by atoms with E-state index in [-0.39, 0.29) is 18.3 Å². The summed E-state index contributed by atoms with van der Waals surface area (Å²) >= 11 is 0. The van der Waals surface area contributed by atoms with Crippen LogP contribution in [0.25, 0.3) is 0 Å². The van der Waals surface area contributed by atoms with Crippen molar-refractivity contribution in [3.8, 4) is 0 Å². The van der Waals surface area contributed by atoms with Crippen molar-refractivity contribution in [3.63, 3.8) is 0 Å². The monoisotopic (exact) mass is 266 g/mol. The zero-order valence-corrected chi connectivity index (χ0v) is 14.3. The van der Waals surface area contributed by atoms with Crippen LogP contribution in [0.3, 0.4) is 0 Å². The van der Waals surface area contributed by atoms with E-state index in [1.54, 1.807) is 0 Å². The molecule has 0 aromatic heterocycles. The predicted molar refractivity (Wildman–Crippen MR) is 93.3 cm³/mol. The van der Waals surface area contributed by atoms with E-state index in [9.17, 15) is 0 Å². The second kappa shape index (κ2) is 10.1. The normalized spacial score (nSPS) is 10.2. The molecule has 0 radical (unpaired) electrons. The highest BCUT2D eigenvalue weighted by molar-refractivity contribution is 5.32. The molecule has 0 bridgehead atoms. The Kier molecular flexibility index (Phi) is 12.4. The third-order valence-corrected chi connectivity index (χ3v) is 2.59. The van der Waals surface area contributed by atoms with E-state index in [0.717, 1.165) is 0 Å². The summed E-state index contributed by atoms with van der Waals surface area (Å²) in [6.07, 6.45) is 0. The van der Waals surface area contributed by atoms with Crippen LogP contribution in [-0.4, -0.2) is 0 Å². The van der Waals surface area contributed by atoms with Gasteiger partial charge in [0, 0.05) is 0 Å². The van der Waals surface area contributed by atoms with Crippen molar-refractivity contribution in [2.24, 2.45) is 0 Å². The maximum absolute atomic E-state index is 2.33. The predicted octanol–water partition coefficient (Wildman–Crippen LogP) is 6.97. The molecule has 0 spiro atoms. The summed E-state index contributed by atoms with van der Waals surface area (Å²) in [5, 5.41) is 0. The van der Waals surface area contributed by atoms with Crippen molar-refractivity contribution < 1.29 is 0 Å². The lowest BCUT2D eigenvalue weighted by molar-refractivity contribution is 0.568. The average Bonchev–Trinajstić information content (AvgIpc) is 2.32. The molecule has 0 aliphatic heterocycles. The molecule has 19 heavy (non-hydrogen) atoms. The topological polar surface area (TPSA) is 0 Å². The standard InChI is InChI=1S/C14H22.2C2H6.CH4/c1-13(2,3)11-8-7-9-12(10-11)14(4,5)6;2*1-2;/h7-10H,1-6H3;2*1-2H3;1H4. The minimum atomic E-state index is 0. The Bertz CT molecular complexity index is 278. The molecule has 1 rings (SSSR count). The Labute approximate surface area is 123 Å². The quantitative estimate of drug-likeness (QED) is 0.475. The molecule has 1 aromatic rings. The van der Waals surface area contributed by atoms with Gasteiger partial charge in [0.25, 0.3) is 0 Å². The molecule has 0 heterocycles. The van der Waals surface area contributed by atoms with Crippen LogP contribution in [0.15, 0.2) is 24.3 Å². The molecular weight excluding hydrogens is 228 g/mol. The summed E-state index contributed by atoms with van der Waals surface area (Å²) in [5.41, 5.74) is 3.34. The minimum Gasteiger partial charge on any atom is -0.0776 e. The van der Waals surface area contributed by atoms with E-state index >= 15 is 0 Å². The van der Waals surface area contributed by atoms with Crippen molar-refractivity contribution in [1.82, 2.24) is 0 Å². The van der Waals surface area contributed by atoms with Crippen molar-refractivity contribution in [3.05, 3.63) is 35.4 Å². The maximum atomic E-state index is 2.33. The van der Waals surface area contributed by atoms with Gasteiger partial charge in [-0.15, -0.1) is 0 Å². The molecule has 114 valence electrons. The molecule has 0 N–H and O–H groups in total. The molecule has 0 saturated carbocycles. The van der Waals surface area contributed by atoms with E-state index in [1.165, 1.54) is 11.1 Å². The smallest absolute Gasteiger partial charge is 0.0132 e. The van der Waals surface area contributed by atoms with E-state index in [4.69, 9.17) is 0 Å². The van der Waals surface area contributed by atoms with Gasteiger partial charge in [0.05, 0.1) is 0 Å². The van der Waals surface area contributed by atoms with E-state index in [0.29, 0.717) is 0 Å². The van der Waals surface area contributed by atoms with Crippen molar-refractivity contribution in [2.75, 3.05) is 0 Å². The summed E-state index contributed by atoms with van der Waals surface area (Å²) in [4.78, 5) is 0. The van der Waals surface area contributed by atoms with Gasteiger partial charge in [-0.25, -0.2) is 0 Å². The third kappa shape index (κ3) is 8.86. The first-order chi connectivity index (χ1) is 8.21. The SMILES string of the molecule is C.CC.CC.CC(C)(C)c1cccc(C(C)(C)C)c1. The first-order valence-corrected chi connectivity index (χ1v) is 7.32. The van der Waals surface area contributed by atoms with E-state index in [1.807, 2.05) is 27.7 Å². The summed E-state index contributed by atoms with van der Waals surface area (Å²) in [5.74, 6) is 0. The Morgan fingerprint density at radius 3 is 1.11 bits per heavy atom. The lowest BCUT2D eigenvalue weighted by atomic mass is 9.81. The van der Waals surface area contributed by atoms with Gasteiger partial charge in [-0.1, -0.05) is 101 Å². The Hall–Kier alpha value is -0.780. The van der Waals surface area contributed by atoms with E-state index in [2.05, 4.69) is 65.8 Å². The van der Waals surface area contributed by atoms with Crippen LogP contribution in [0.1, 0.15) is 87.8 Å². The fourth-order valence-corrected chi connectivity index (χ4v) is 1.45. The van der Waals surface area contributed by atoms with Gasteiger partial charge in [-0.05, 0) is 22.0 Å². The highest BCUT2D eigenvalue weighted by Gasteiger charge is 2.18. The highest BCUT2D eigenvalue weighted by atomic mass is 14.2. The molecule has 0 heteroatoms. The van der Waals surface area contributed by atoms with Gasteiger partial charge in [-0.2, -0.15) is 0 Å². The zero-order chi connectivity index (χ0) is 15.0. The van der Waals surface area contributed by atoms with Gasteiger partial charge in [-0.3, -0.25) is 0 Å². The number of hydrogen-bond donors (Lipinski definition) is 0. The Balaban J connectivity index is -0.000000467. The lowest BCUT2D eigenvalue weighted by Crippen LogP contribution is -2.15. The van der Waals surface area contributed by atoms with Crippen LogP contribution in [0.4, 0.5) is 0 Å². The van der Waals surface area contributed by atoms with Crippen molar-refractivity contribution >= 4 is 0 Å². The fraction of sp³-hybridized carbons (Fsp3) is 0.684. The maximum Gasteiger partial charge on any atom is -0.0132 e. The first-order valence-electron chi connectivity index (χ1n) is 7.32. The molecule has 0 aliphatic carbocycles. The van der Waals surface area contributed by atoms with Crippen LogP contribution >= 0.6 is 0 Å². The highest BCUT2D eigenvalue weighted by Crippen LogP contribution is 2.28. The molecular formula is C19H38. The Morgan fingerprint density at radius 2 is 0.895 bits per heavy atom. The number of rotatable bonds is 0. The number of hydrogen-bond acceptors (Lipinski definition) is 0. The van der Waals surface area contributed by atoms with Gasteiger partial charge in [0.15, 0.2) is 0 Å². The zero-order valence-electron chi connectivity index (χ0n) is 14.3. The first kappa shape index (κ1) is 23.3. The molecule has 0 nitrogen and oxygen atoms in total. The number of benzene rings is 1. The minimum absolute atomic E-state index is 0. The second-order valence-corrected chi connectivity index (χ2v) is 6.08. The van der Waals surface area contributed by atoms with E-state index < -0.39 is 0 Å². The van der Waals surface area contributed by atoms with Crippen LogP contribution in [0.5, 0.6) is 0 Å². The second-order valence-electron chi connectivity index (χ2n) is 6.08. The summed E-state index contributed by atoms with van der Waals surface area (Å²) in [6, 6.07) is 8.94. The molecule has 0 fully saturated rings. The fourth-order valence-electron chi connectivity index (χ4n) is 1.45. The summed E-state index contributed by atoms with van der Waals surface area (Å²) < 4.78 is 0. The average molecular weight is 267 g/mol. The van der Waals surface area contributed by atoms with Crippen LogP contribution in [0, 0.1) is 0 Å². The van der Waals surface area contributed by atoms with Gasteiger partial charge >= 0.3 is 0 Å². The van der Waals surface area contributed by atoms with Crippen LogP contribution < -0.4 is 0 Å². The molecule has 1 aromatic carbocycles. The van der Waals surface area contributed by atoms with Crippen molar-refractivity contribution in [2.45, 2.75) is 87.5 Å². The molecule has 0 amide bonds. The molecule has 0 saturated heterocycles. The molecule has 0 atom stereocenters. The molecule has 0 unspecified atom stereocenters. The van der Waals surface area contributed by atoms with Gasteiger partial charge < -0.3 is 0 Å². The van der Waals surface area contributed by atoms with Gasteiger partial charge in [0.2, 0.25) is 0 Å². The largest absolute Gasteiger partial charge is 0.0776 e. The van der Waals surface area contributed by atoms with Crippen molar-refractivity contribution in [1.29, 1.82) is 0 Å². The van der Waals surface area contributed by atoms with Crippen LogP contribution in [-0.2, 0) is 10.8 Å². The van der Waals surface area contributed by atoms with Crippen LogP contribution in [0.2, 0.25) is 0 Å².